The molecule has 1 aromatic carbocycles. The first-order chi connectivity index (χ1) is 7.72. The number of carbonyl (C=O) groups excluding carboxylic acids is 1. The predicted molar refractivity (Wildman–Crippen MR) is 62.7 cm³/mol. The summed E-state index contributed by atoms with van der Waals surface area (Å²) < 4.78 is 0. The fourth-order valence-electron chi connectivity index (χ4n) is 3.06. The monoisotopic (exact) mass is 213 g/mol. The maximum Gasteiger partial charge on any atom is 0.244 e. The van der Waals surface area contributed by atoms with Gasteiger partial charge in [0.15, 0.2) is 0 Å². The molecule has 82 valence electrons. The molecular formula is C14H15NO. The van der Waals surface area contributed by atoms with Gasteiger partial charge in [-0.3, -0.25) is 4.79 Å². The van der Waals surface area contributed by atoms with Crippen LogP contribution in [0.25, 0.3) is 0 Å². The van der Waals surface area contributed by atoms with Crippen molar-refractivity contribution >= 4 is 5.91 Å². The summed E-state index contributed by atoms with van der Waals surface area (Å²) in [4.78, 5) is 11.7. The second-order valence-corrected chi connectivity index (χ2v) is 4.81. The van der Waals surface area contributed by atoms with E-state index in [2.05, 4.69) is 24.4 Å². The van der Waals surface area contributed by atoms with Crippen molar-refractivity contribution in [1.82, 2.24) is 5.32 Å². The quantitative estimate of drug-likeness (QED) is 0.762. The molecule has 1 aliphatic carbocycles. The van der Waals surface area contributed by atoms with E-state index in [0.717, 1.165) is 6.42 Å². The molecule has 2 atom stereocenters. The molecule has 0 spiro atoms. The summed E-state index contributed by atoms with van der Waals surface area (Å²) in [5, 5.41) is 3.16. The first-order valence-electron chi connectivity index (χ1n) is 5.78. The Hall–Kier alpha value is -1.57. The van der Waals surface area contributed by atoms with Gasteiger partial charge in [0, 0.05) is 12.0 Å². The second-order valence-electron chi connectivity index (χ2n) is 4.81. The van der Waals surface area contributed by atoms with Crippen LogP contribution >= 0.6 is 0 Å². The number of benzene rings is 1. The third-order valence-corrected chi connectivity index (χ3v) is 3.97. The van der Waals surface area contributed by atoms with E-state index in [1.54, 1.807) is 6.08 Å². The Morgan fingerprint density at radius 3 is 2.69 bits per heavy atom. The van der Waals surface area contributed by atoms with Crippen molar-refractivity contribution in [3.63, 3.8) is 0 Å². The van der Waals surface area contributed by atoms with Crippen molar-refractivity contribution < 1.29 is 4.79 Å². The first-order valence-corrected chi connectivity index (χ1v) is 5.78. The van der Waals surface area contributed by atoms with Crippen LogP contribution in [-0.4, -0.2) is 5.91 Å². The molecule has 2 nitrogen and oxygen atoms in total. The summed E-state index contributed by atoms with van der Waals surface area (Å²) in [5.74, 6) is 0.546. The highest BCUT2D eigenvalue weighted by atomic mass is 16.1. The summed E-state index contributed by atoms with van der Waals surface area (Å²) in [6, 6.07) is 10.3. The average molecular weight is 213 g/mol. The highest BCUT2D eigenvalue weighted by Crippen LogP contribution is 2.51. The van der Waals surface area contributed by atoms with Gasteiger partial charge in [-0.2, -0.15) is 0 Å². The van der Waals surface area contributed by atoms with Gasteiger partial charge in [0.25, 0.3) is 0 Å². The van der Waals surface area contributed by atoms with Gasteiger partial charge in [0.2, 0.25) is 5.91 Å². The van der Waals surface area contributed by atoms with E-state index in [-0.39, 0.29) is 11.4 Å². The third kappa shape index (κ3) is 1.16. The van der Waals surface area contributed by atoms with E-state index in [0.29, 0.717) is 5.92 Å². The fourth-order valence-corrected chi connectivity index (χ4v) is 3.06. The summed E-state index contributed by atoms with van der Waals surface area (Å²) in [6.45, 7) is 2.07. The van der Waals surface area contributed by atoms with Crippen molar-refractivity contribution in [3.05, 3.63) is 47.5 Å². The van der Waals surface area contributed by atoms with Gasteiger partial charge in [-0.05, 0) is 25.3 Å². The molecule has 1 heterocycles. The van der Waals surface area contributed by atoms with Crippen LogP contribution < -0.4 is 5.32 Å². The van der Waals surface area contributed by atoms with E-state index in [1.165, 1.54) is 17.6 Å². The van der Waals surface area contributed by atoms with Crippen LogP contribution in [0.3, 0.4) is 0 Å². The van der Waals surface area contributed by atoms with Crippen molar-refractivity contribution in [2.45, 2.75) is 25.3 Å². The maximum atomic E-state index is 11.7. The molecule has 1 fully saturated rings. The molecule has 0 saturated heterocycles. The van der Waals surface area contributed by atoms with E-state index < -0.39 is 0 Å². The number of fused-ring (bicyclic) bond motifs is 1. The Morgan fingerprint density at radius 2 is 2.06 bits per heavy atom. The van der Waals surface area contributed by atoms with Crippen LogP contribution in [0.2, 0.25) is 0 Å². The summed E-state index contributed by atoms with van der Waals surface area (Å²) in [7, 11) is 0. The number of rotatable bonds is 1. The molecular weight excluding hydrogens is 198 g/mol. The Morgan fingerprint density at radius 1 is 1.31 bits per heavy atom. The van der Waals surface area contributed by atoms with E-state index >= 15 is 0 Å². The summed E-state index contributed by atoms with van der Waals surface area (Å²) in [6.07, 6.45) is 3.97. The minimum absolute atomic E-state index is 0.0531. The number of amides is 1. The second kappa shape index (κ2) is 3.21. The van der Waals surface area contributed by atoms with Crippen LogP contribution in [0.15, 0.2) is 42.0 Å². The Bertz CT molecular complexity index is 463. The van der Waals surface area contributed by atoms with Gasteiger partial charge < -0.3 is 5.32 Å². The van der Waals surface area contributed by atoms with Gasteiger partial charge in [-0.15, -0.1) is 0 Å². The SMILES string of the molecule is CC1=CC(=O)N[C@]2(c3ccccc3)CC[C@H]12. The zero-order valence-electron chi connectivity index (χ0n) is 9.36. The highest BCUT2D eigenvalue weighted by molar-refractivity contribution is 5.90. The molecule has 2 heteroatoms. The lowest BCUT2D eigenvalue weighted by Crippen LogP contribution is -2.59. The van der Waals surface area contributed by atoms with Gasteiger partial charge in [0.05, 0.1) is 5.54 Å². The molecule has 1 aliphatic heterocycles. The minimum atomic E-state index is -0.114. The Balaban J connectivity index is 2.07. The number of hydrogen-bond acceptors (Lipinski definition) is 1. The normalized spacial score (nSPS) is 32.2. The molecule has 0 unspecified atom stereocenters. The molecule has 1 amide bonds. The summed E-state index contributed by atoms with van der Waals surface area (Å²) in [5.41, 5.74) is 2.35. The lowest BCUT2D eigenvalue weighted by atomic mass is 9.59. The van der Waals surface area contributed by atoms with Gasteiger partial charge >= 0.3 is 0 Å². The number of nitrogens with one attached hydrogen (secondary N) is 1. The fraction of sp³-hybridized carbons (Fsp3) is 0.357. The largest absolute Gasteiger partial charge is 0.342 e. The molecule has 16 heavy (non-hydrogen) atoms. The molecule has 1 aromatic rings. The van der Waals surface area contributed by atoms with Crippen molar-refractivity contribution in [3.8, 4) is 0 Å². The topological polar surface area (TPSA) is 29.1 Å². The zero-order chi connectivity index (χ0) is 11.2. The maximum absolute atomic E-state index is 11.7. The van der Waals surface area contributed by atoms with Crippen molar-refractivity contribution in [2.75, 3.05) is 0 Å². The lowest BCUT2D eigenvalue weighted by molar-refractivity contribution is -0.122. The van der Waals surface area contributed by atoms with Gasteiger partial charge in [0.1, 0.15) is 0 Å². The van der Waals surface area contributed by atoms with E-state index in [9.17, 15) is 4.79 Å². The molecule has 1 saturated carbocycles. The summed E-state index contributed by atoms with van der Waals surface area (Å²) >= 11 is 0. The Labute approximate surface area is 95.4 Å². The molecule has 0 radical (unpaired) electrons. The van der Waals surface area contributed by atoms with E-state index in [4.69, 9.17) is 0 Å². The molecule has 1 N–H and O–H groups in total. The predicted octanol–water partition coefficient (Wildman–Crippen LogP) is 2.37. The standard InChI is InChI=1S/C14H15NO/c1-10-9-13(16)15-14(8-7-12(10)14)11-5-3-2-4-6-11/h2-6,9,12H,7-8H2,1H3,(H,15,16)/t12-,14+/m1/s1. The van der Waals surface area contributed by atoms with E-state index in [1.807, 2.05) is 18.2 Å². The van der Waals surface area contributed by atoms with Gasteiger partial charge in [-0.25, -0.2) is 0 Å². The molecule has 0 bridgehead atoms. The average Bonchev–Trinajstić information content (AvgIpc) is 2.23. The lowest BCUT2D eigenvalue weighted by Gasteiger charge is -2.53. The zero-order valence-corrected chi connectivity index (χ0v) is 9.36. The van der Waals surface area contributed by atoms with Crippen molar-refractivity contribution in [2.24, 2.45) is 5.92 Å². The first kappa shape index (κ1) is 9.64. The number of hydrogen-bond donors (Lipinski definition) is 1. The van der Waals surface area contributed by atoms with Crippen LogP contribution in [0, 0.1) is 5.92 Å². The molecule has 0 aromatic heterocycles. The van der Waals surface area contributed by atoms with Crippen LogP contribution in [0.1, 0.15) is 25.3 Å². The highest BCUT2D eigenvalue weighted by Gasteiger charge is 2.51. The van der Waals surface area contributed by atoms with Crippen molar-refractivity contribution in [1.29, 1.82) is 0 Å². The van der Waals surface area contributed by atoms with Gasteiger partial charge in [-0.1, -0.05) is 35.9 Å². The van der Waals surface area contributed by atoms with Crippen LogP contribution in [0.5, 0.6) is 0 Å². The smallest absolute Gasteiger partial charge is 0.244 e. The number of carbonyl (C=O) groups is 1. The minimum Gasteiger partial charge on any atom is -0.342 e. The van der Waals surface area contributed by atoms with Crippen LogP contribution in [0.4, 0.5) is 0 Å². The molecule has 3 rings (SSSR count). The third-order valence-electron chi connectivity index (χ3n) is 3.97. The van der Waals surface area contributed by atoms with Crippen LogP contribution in [-0.2, 0) is 10.3 Å². The molecule has 2 aliphatic rings. The Kier molecular flexibility index (Phi) is 1.93.